The third-order valence-corrected chi connectivity index (χ3v) is 5.87. The summed E-state index contributed by atoms with van der Waals surface area (Å²) in [6.07, 6.45) is 2.25. The molecule has 0 aromatic heterocycles. The van der Waals surface area contributed by atoms with Gasteiger partial charge >= 0.3 is 0 Å². The monoisotopic (exact) mass is 387 g/mol. The van der Waals surface area contributed by atoms with Gasteiger partial charge in [0.15, 0.2) is 5.78 Å². The van der Waals surface area contributed by atoms with Gasteiger partial charge in [0.1, 0.15) is 0 Å². The van der Waals surface area contributed by atoms with Crippen LogP contribution < -0.4 is 5.73 Å². The standard InChI is InChI=1S/C23H37N3O2/c1-6-13-25(18(4)24)16-23(5)12-14-26(22(23)28)20(21(27)17(2)3)15-19-10-8-7-9-11-19/h7-11,17-18,20H,6,12-16,24H2,1-5H3/t18?,20-,23?/m0/s1. The first kappa shape index (κ1) is 22.6. The maximum atomic E-state index is 13.5. The summed E-state index contributed by atoms with van der Waals surface area (Å²) in [6.45, 7) is 12.1. The van der Waals surface area contributed by atoms with E-state index in [2.05, 4.69) is 11.8 Å². The molecule has 0 bridgehead atoms. The average Bonchev–Trinajstić information content (AvgIpc) is 2.94. The number of carbonyl (C=O) groups is 2. The molecule has 0 aliphatic carbocycles. The van der Waals surface area contributed by atoms with E-state index in [9.17, 15) is 9.59 Å². The minimum Gasteiger partial charge on any atom is -0.332 e. The fourth-order valence-corrected chi connectivity index (χ4v) is 4.12. The number of hydrogen-bond donors (Lipinski definition) is 1. The predicted molar refractivity (Wildman–Crippen MR) is 114 cm³/mol. The van der Waals surface area contributed by atoms with E-state index in [0.717, 1.165) is 24.9 Å². The third-order valence-electron chi connectivity index (χ3n) is 5.87. The summed E-state index contributed by atoms with van der Waals surface area (Å²) in [4.78, 5) is 30.5. The van der Waals surface area contributed by atoms with Crippen molar-refractivity contribution in [1.29, 1.82) is 0 Å². The smallest absolute Gasteiger partial charge is 0.230 e. The second kappa shape index (κ2) is 9.66. The molecule has 3 atom stereocenters. The molecule has 1 aliphatic rings. The molecule has 0 radical (unpaired) electrons. The Morgan fingerprint density at radius 3 is 2.43 bits per heavy atom. The lowest BCUT2D eigenvalue weighted by molar-refractivity contribution is -0.143. The second-order valence-corrected chi connectivity index (χ2v) is 8.78. The van der Waals surface area contributed by atoms with E-state index in [1.165, 1.54) is 0 Å². The highest BCUT2D eigenvalue weighted by atomic mass is 16.2. The molecule has 2 rings (SSSR count). The molecule has 1 aliphatic heterocycles. The molecule has 0 spiro atoms. The van der Waals surface area contributed by atoms with Crippen LogP contribution in [-0.2, 0) is 16.0 Å². The zero-order chi connectivity index (χ0) is 20.9. The van der Waals surface area contributed by atoms with Crippen LogP contribution >= 0.6 is 0 Å². The number of nitrogens with two attached hydrogens (primary N) is 1. The topological polar surface area (TPSA) is 66.6 Å². The summed E-state index contributed by atoms with van der Waals surface area (Å²) in [6, 6.07) is 9.59. The van der Waals surface area contributed by atoms with E-state index in [4.69, 9.17) is 5.73 Å². The maximum absolute atomic E-state index is 13.5. The van der Waals surface area contributed by atoms with Crippen LogP contribution in [0, 0.1) is 11.3 Å². The molecule has 5 nitrogen and oxygen atoms in total. The zero-order valence-electron chi connectivity index (χ0n) is 18.1. The normalized spacial score (nSPS) is 22.1. The highest BCUT2D eigenvalue weighted by Gasteiger charge is 2.47. The van der Waals surface area contributed by atoms with E-state index in [1.807, 2.05) is 62.9 Å². The first-order valence-electron chi connectivity index (χ1n) is 10.6. The van der Waals surface area contributed by atoms with Gasteiger partial charge in [-0.2, -0.15) is 0 Å². The third kappa shape index (κ3) is 5.21. The quantitative estimate of drug-likeness (QED) is 0.627. The maximum Gasteiger partial charge on any atom is 0.230 e. The van der Waals surface area contributed by atoms with Crippen LogP contribution in [0.5, 0.6) is 0 Å². The van der Waals surface area contributed by atoms with Gasteiger partial charge in [-0.05, 0) is 45.2 Å². The highest BCUT2D eigenvalue weighted by molar-refractivity contribution is 5.93. The Hall–Kier alpha value is -1.72. The number of Topliss-reactive ketones (excluding diaryl/α,β-unsaturated/α-hetero) is 1. The van der Waals surface area contributed by atoms with E-state index < -0.39 is 11.5 Å². The predicted octanol–water partition coefficient (Wildman–Crippen LogP) is 3.08. The molecule has 2 unspecified atom stereocenters. The summed E-state index contributed by atoms with van der Waals surface area (Å²) in [5, 5.41) is 0. The Morgan fingerprint density at radius 1 is 1.25 bits per heavy atom. The number of hydrogen-bond acceptors (Lipinski definition) is 4. The van der Waals surface area contributed by atoms with Gasteiger partial charge < -0.3 is 10.6 Å². The van der Waals surface area contributed by atoms with Crippen molar-refractivity contribution in [2.75, 3.05) is 19.6 Å². The molecule has 1 fully saturated rings. The van der Waals surface area contributed by atoms with Crippen molar-refractivity contribution >= 4 is 11.7 Å². The molecule has 1 saturated heterocycles. The van der Waals surface area contributed by atoms with Crippen LogP contribution in [0.25, 0.3) is 0 Å². The molecule has 1 heterocycles. The van der Waals surface area contributed by atoms with Gasteiger partial charge in [0.2, 0.25) is 5.91 Å². The summed E-state index contributed by atoms with van der Waals surface area (Å²) < 4.78 is 0. The summed E-state index contributed by atoms with van der Waals surface area (Å²) >= 11 is 0. The van der Waals surface area contributed by atoms with Crippen LogP contribution in [0.15, 0.2) is 30.3 Å². The minimum absolute atomic E-state index is 0.0870. The lowest BCUT2D eigenvalue weighted by Gasteiger charge is -2.35. The SMILES string of the molecule is CCCN(CC1(C)CCN([C@@H](Cc2ccccc2)C(=O)C(C)C)C1=O)C(C)N. The molecule has 1 aromatic rings. The first-order chi connectivity index (χ1) is 13.2. The number of likely N-dealkylation sites (tertiary alicyclic amines) is 1. The van der Waals surface area contributed by atoms with Crippen molar-refractivity contribution in [3.63, 3.8) is 0 Å². The summed E-state index contributed by atoms with van der Waals surface area (Å²) in [5.41, 5.74) is 6.73. The van der Waals surface area contributed by atoms with Crippen molar-refractivity contribution in [3.05, 3.63) is 35.9 Å². The first-order valence-corrected chi connectivity index (χ1v) is 10.6. The van der Waals surface area contributed by atoms with Crippen molar-refractivity contribution in [2.24, 2.45) is 17.1 Å². The van der Waals surface area contributed by atoms with Crippen LogP contribution in [0.3, 0.4) is 0 Å². The van der Waals surface area contributed by atoms with E-state index in [0.29, 0.717) is 19.5 Å². The lowest BCUT2D eigenvalue weighted by Crippen LogP contribution is -2.51. The van der Waals surface area contributed by atoms with Crippen molar-refractivity contribution < 1.29 is 9.59 Å². The molecule has 5 heteroatoms. The van der Waals surface area contributed by atoms with E-state index in [1.54, 1.807) is 0 Å². The fraction of sp³-hybridized carbons (Fsp3) is 0.652. The Morgan fingerprint density at radius 2 is 1.89 bits per heavy atom. The molecule has 0 saturated carbocycles. The van der Waals surface area contributed by atoms with Gasteiger partial charge in [0.05, 0.1) is 17.6 Å². The van der Waals surface area contributed by atoms with Gasteiger partial charge in [0.25, 0.3) is 0 Å². The van der Waals surface area contributed by atoms with Crippen LogP contribution in [-0.4, -0.2) is 53.3 Å². The average molecular weight is 388 g/mol. The highest BCUT2D eigenvalue weighted by Crippen LogP contribution is 2.35. The number of benzene rings is 1. The van der Waals surface area contributed by atoms with Crippen molar-refractivity contribution in [2.45, 2.75) is 66.1 Å². The summed E-state index contributed by atoms with van der Waals surface area (Å²) in [7, 11) is 0. The molecular formula is C23H37N3O2. The Bertz CT molecular complexity index is 659. The Labute approximate surface area is 170 Å². The van der Waals surface area contributed by atoms with Gasteiger partial charge in [-0.1, -0.05) is 51.1 Å². The number of rotatable bonds is 10. The van der Waals surface area contributed by atoms with Gasteiger partial charge in [-0.15, -0.1) is 0 Å². The molecule has 156 valence electrons. The number of carbonyl (C=O) groups excluding carboxylic acids is 2. The molecule has 1 aromatic carbocycles. The van der Waals surface area contributed by atoms with Gasteiger partial charge in [-0.25, -0.2) is 0 Å². The van der Waals surface area contributed by atoms with Crippen LogP contribution in [0.2, 0.25) is 0 Å². The van der Waals surface area contributed by atoms with Crippen LogP contribution in [0.4, 0.5) is 0 Å². The molecule has 1 amide bonds. The molecule has 28 heavy (non-hydrogen) atoms. The van der Waals surface area contributed by atoms with Crippen molar-refractivity contribution in [1.82, 2.24) is 9.80 Å². The summed E-state index contributed by atoms with van der Waals surface area (Å²) in [5.74, 6) is 0.122. The minimum atomic E-state index is -0.491. The van der Waals surface area contributed by atoms with Gasteiger partial charge in [-0.3, -0.25) is 14.5 Å². The van der Waals surface area contributed by atoms with E-state index in [-0.39, 0.29) is 23.8 Å². The molecular weight excluding hydrogens is 350 g/mol. The van der Waals surface area contributed by atoms with Crippen LogP contribution in [0.1, 0.15) is 53.0 Å². The van der Waals surface area contributed by atoms with E-state index >= 15 is 0 Å². The Kier molecular flexibility index (Phi) is 7.79. The van der Waals surface area contributed by atoms with Crippen molar-refractivity contribution in [3.8, 4) is 0 Å². The van der Waals surface area contributed by atoms with Gasteiger partial charge in [0, 0.05) is 19.0 Å². The second-order valence-electron chi connectivity index (χ2n) is 8.78. The fourth-order valence-electron chi connectivity index (χ4n) is 4.12. The molecule has 2 N–H and O–H groups in total. The largest absolute Gasteiger partial charge is 0.332 e. The number of nitrogens with zero attached hydrogens (tertiary/aromatic N) is 2. The lowest BCUT2D eigenvalue weighted by atomic mass is 9.87. The Balaban J connectivity index is 2.23. The number of amides is 1. The number of ketones is 1. The zero-order valence-corrected chi connectivity index (χ0v) is 18.1.